The Morgan fingerprint density at radius 1 is 0.611 bits per heavy atom. The van der Waals surface area contributed by atoms with Crippen molar-refractivity contribution in [2.24, 2.45) is 0 Å². The summed E-state index contributed by atoms with van der Waals surface area (Å²) in [5.41, 5.74) is 1.69. The maximum absolute atomic E-state index is 13.4. The van der Waals surface area contributed by atoms with E-state index in [4.69, 9.17) is 9.47 Å². The molecule has 2 fully saturated rings. The second kappa shape index (κ2) is 9.00. The van der Waals surface area contributed by atoms with E-state index in [1.165, 1.54) is 32.9 Å². The van der Waals surface area contributed by atoms with Crippen molar-refractivity contribution in [2.45, 2.75) is 61.9 Å². The number of hydrogen-bond donors (Lipinski definition) is 0. The van der Waals surface area contributed by atoms with Crippen LogP contribution in [0.3, 0.4) is 0 Å². The molecule has 0 N–H and O–H groups in total. The Balaban J connectivity index is 1.47. The SMILES string of the molecule is C[C@@H]1CN(S(=O)(=O)c2ccc3c(c2)C(=O)c2cc(S(=O)(=O)N4C[C@@H](C)O[C@@H](C)C4)ccc2-3)C[C@@H](C)O1. The molecular formula is C25H30N2O7S2. The summed E-state index contributed by atoms with van der Waals surface area (Å²) < 4.78 is 67.4. The van der Waals surface area contributed by atoms with Gasteiger partial charge < -0.3 is 9.47 Å². The molecule has 2 saturated heterocycles. The molecule has 0 bridgehead atoms. The van der Waals surface area contributed by atoms with E-state index < -0.39 is 20.0 Å². The van der Waals surface area contributed by atoms with Crippen molar-refractivity contribution in [1.82, 2.24) is 8.61 Å². The van der Waals surface area contributed by atoms with Crippen LogP contribution < -0.4 is 0 Å². The standard InChI is InChI=1S/C25H30N2O7S2/c1-15-11-26(12-16(2)33-15)35(29,30)19-5-7-21-22-8-6-20(10-24(22)25(28)23(21)9-19)36(31,32)27-13-17(3)34-18(4)14-27/h5-10,15-18H,11-14H2,1-4H3/t15-,16-,17-,18+/m1/s1. The quantitative estimate of drug-likeness (QED) is 0.506. The number of ketones is 1. The molecular weight excluding hydrogens is 504 g/mol. The van der Waals surface area contributed by atoms with Gasteiger partial charge in [-0.25, -0.2) is 16.8 Å². The topological polar surface area (TPSA) is 110 Å². The van der Waals surface area contributed by atoms with E-state index >= 15 is 0 Å². The summed E-state index contributed by atoms with van der Waals surface area (Å²) in [5.74, 6) is -0.387. The smallest absolute Gasteiger partial charge is 0.243 e. The third-order valence-corrected chi connectivity index (χ3v) is 10.5. The van der Waals surface area contributed by atoms with Crippen LogP contribution in [0.5, 0.6) is 0 Å². The molecule has 0 amide bonds. The first-order valence-electron chi connectivity index (χ1n) is 12.0. The average molecular weight is 535 g/mol. The van der Waals surface area contributed by atoms with E-state index in [2.05, 4.69) is 0 Å². The highest BCUT2D eigenvalue weighted by molar-refractivity contribution is 7.89. The van der Waals surface area contributed by atoms with Gasteiger partial charge in [-0.15, -0.1) is 0 Å². The monoisotopic (exact) mass is 534 g/mol. The molecule has 0 spiro atoms. The number of carbonyl (C=O) groups excluding carboxylic acids is 1. The first kappa shape index (κ1) is 25.5. The molecule has 11 heteroatoms. The number of carbonyl (C=O) groups is 1. The number of sulfonamides is 2. The molecule has 3 aliphatic rings. The normalized spacial score (nSPS) is 27.6. The van der Waals surface area contributed by atoms with Crippen molar-refractivity contribution in [2.75, 3.05) is 26.2 Å². The van der Waals surface area contributed by atoms with Gasteiger partial charge in [0.25, 0.3) is 0 Å². The molecule has 194 valence electrons. The predicted molar refractivity (Wildman–Crippen MR) is 133 cm³/mol. The van der Waals surface area contributed by atoms with Crippen LogP contribution in [-0.4, -0.2) is 81.8 Å². The second-order valence-corrected chi connectivity index (χ2v) is 13.8. The summed E-state index contributed by atoms with van der Waals surface area (Å²) in [6.45, 7) is 8.23. The summed E-state index contributed by atoms with van der Waals surface area (Å²) in [7, 11) is -7.66. The van der Waals surface area contributed by atoms with E-state index in [1.54, 1.807) is 12.1 Å². The Kier molecular flexibility index (Phi) is 6.37. The van der Waals surface area contributed by atoms with Gasteiger partial charge in [0.2, 0.25) is 20.0 Å². The molecule has 36 heavy (non-hydrogen) atoms. The van der Waals surface area contributed by atoms with Crippen molar-refractivity contribution in [3.05, 3.63) is 47.5 Å². The van der Waals surface area contributed by atoms with Gasteiger partial charge in [0.1, 0.15) is 0 Å². The molecule has 2 heterocycles. The summed E-state index contributed by atoms with van der Waals surface area (Å²) in [6, 6.07) is 9.05. The summed E-state index contributed by atoms with van der Waals surface area (Å²) in [5, 5.41) is 0. The van der Waals surface area contributed by atoms with Gasteiger partial charge in [0.15, 0.2) is 5.78 Å². The van der Waals surface area contributed by atoms with E-state index in [-0.39, 0.29) is 77.3 Å². The van der Waals surface area contributed by atoms with E-state index in [0.29, 0.717) is 11.1 Å². The molecule has 9 nitrogen and oxygen atoms in total. The van der Waals surface area contributed by atoms with Gasteiger partial charge in [-0.05, 0) is 63.1 Å². The molecule has 1 aliphatic carbocycles. The molecule has 0 unspecified atom stereocenters. The molecule has 2 aromatic carbocycles. The van der Waals surface area contributed by atoms with Crippen LogP contribution in [0.1, 0.15) is 43.6 Å². The maximum Gasteiger partial charge on any atom is 0.243 e. The fourth-order valence-corrected chi connectivity index (χ4v) is 8.54. The van der Waals surface area contributed by atoms with Crippen LogP contribution in [-0.2, 0) is 29.5 Å². The van der Waals surface area contributed by atoms with Crippen LogP contribution in [0.15, 0.2) is 46.2 Å². The lowest BCUT2D eigenvalue weighted by Crippen LogP contribution is -2.48. The van der Waals surface area contributed by atoms with Crippen LogP contribution in [0.4, 0.5) is 0 Å². The number of benzene rings is 2. The fraction of sp³-hybridized carbons (Fsp3) is 0.480. The summed E-state index contributed by atoms with van der Waals surface area (Å²) in [4.78, 5) is 13.4. The largest absolute Gasteiger partial charge is 0.373 e. The van der Waals surface area contributed by atoms with Gasteiger partial charge in [0.05, 0.1) is 34.2 Å². The number of nitrogens with zero attached hydrogens (tertiary/aromatic N) is 2. The van der Waals surface area contributed by atoms with Gasteiger partial charge in [-0.3, -0.25) is 4.79 Å². The van der Waals surface area contributed by atoms with E-state index in [9.17, 15) is 21.6 Å². The van der Waals surface area contributed by atoms with E-state index in [0.717, 1.165) is 0 Å². The zero-order chi connectivity index (χ0) is 26.0. The Labute approximate surface area is 212 Å². The fourth-order valence-electron chi connectivity index (χ4n) is 5.31. The number of hydrogen-bond acceptors (Lipinski definition) is 7. The number of rotatable bonds is 4. The van der Waals surface area contributed by atoms with Crippen molar-refractivity contribution >= 4 is 25.8 Å². The highest BCUT2D eigenvalue weighted by atomic mass is 32.2. The molecule has 4 atom stereocenters. The number of ether oxygens (including phenoxy) is 2. The minimum atomic E-state index is -3.83. The minimum absolute atomic E-state index is 0.0350. The second-order valence-electron chi connectivity index (χ2n) is 9.90. The first-order valence-corrected chi connectivity index (χ1v) is 14.9. The minimum Gasteiger partial charge on any atom is -0.373 e. The highest BCUT2D eigenvalue weighted by Gasteiger charge is 2.37. The Bertz CT molecular complexity index is 1310. The molecule has 0 radical (unpaired) electrons. The Hall–Kier alpha value is -2.15. The third kappa shape index (κ3) is 4.31. The van der Waals surface area contributed by atoms with Crippen molar-refractivity contribution < 1.29 is 31.1 Å². The van der Waals surface area contributed by atoms with Crippen molar-refractivity contribution in [3.8, 4) is 11.1 Å². The lowest BCUT2D eigenvalue weighted by Gasteiger charge is -2.34. The molecule has 2 aromatic rings. The van der Waals surface area contributed by atoms with Crippen LogP contribution >= 0.6 is 0 Å². The number of fused-ring (bicyclic) bond motifs is 3. The molecule has 2 aliphatic heterocycles. The average Bonchev–Trinajstić information content (AvgIpc) is 3.09. The molecule has 5 rings (SSSR count). The molecule has 0 aromatic heterocycles. The zero-order valence-electron chi connectivity index (χ0n) is 20.7. The van der Waals surface area contributed by atoms with Gasteiger partial charge in [0, 0.05) is 37.3 Å². The predicted octanol–water partition coefficient (Wildman–Crippen LogP) is 2.49. The number of morpholine rings is 2. The van der Waals surface area contributed by atoms with Gasteiger partial charge in [-0.2, -0.15) is 8.61 Å². The van der Waals surface area contributed by atoms with Crippen LogP contribution in [0.25, 0.3) is 11.1 Å². The Morgan fingerprint density at radius 3 is 1.28 bits per heavy atom. The van der Waals surface area contributed by atoms with Crippen molar-refractivity contribution in [3.63, 3.8) is 0 Å². The third-order valence-electron chi connectivity index (χ3n) is 6.81. The van der Waals surface area contributed by atoms with Crippen LogP contribution in [0, 0.1) is 0 Å². The lowest BCUT2D eigenvalue weighted by atomic mass is 10.1. The summed E-state index contributed by atoms with van der Waals surface area (Å²) in [6.07, 6.45) is -0.938. The summed E-state index contributed by atoms with van der Waals surface area (Å²) >= 11 is 0. The van der Waals surface area contributed by atoms with Crippen molar-refractivity contribution in [1.29, 1.82) is 0 Å². The molecule has 0 saturated carbocycles. The highest BCUT2D eigenvalue weighted by Crippen LogP contribution is 2.39. The Morgan fingerprint density at radius 2 is 0.944 bits per heavy atom. The maximum atomic E-state index is 13.4. The lowest BCUT2D eigenvalue weighted by molar-refractivity contribution is -0.0442. The zero-order valence-corrected chi connectivity index (χ0v) is 22.3. The van der Waals surface area contributed by atoms with E-state index in [1.807, 2.05) is 27.7 Å². The van der Waals surface area contributed by atoms with Gasteiger partial charge in [-0.1, -0.05) is 12.1 Å². The van der Waals surface area contributed by atoms with Gasteiger partial charge >= 0.3 is 0 Å². The van der Waals surface area contributed by atoms with Crippen LogP contribution in [0.2, 0.25) is 0 Å². The first-order chi connectivity index (χ1) is 16.9.